The molecule has 8 nitrogen and oxygen atoms in total. The molecule has 2 aromatic carbocycles. The van der Waals surface area contributed by atoms with Crippen LogP contribution in [0.25, 0.3) is 22.5 Å². The maximum atomic E-state index is 11.1. The standard InChI is InChI=1S/C26H26N2O6P2/c29-35(30,31)19-13-21-1-5-25(6-2-21)27-15-9-23(10-16-27)24-11-17-28(18-12-24)26-7-3-22(4-8-26)14-20-36(32,33)34/h1-12,15-18H,13-14,19-20H2,(H2-2,29,30,31,32,33,34)/p+2. The summed E-state index contributed by atoms with van der Waals surface area (Å²) < 4.78 is 26.1. The molecule has 186 valence electrons. The lowest BCUT2D eigenvalue weighted by molar-refractivity contribution is -0.596. The topological polar surface area (TPSA) is 123 Å². The number of aryl methyl sites for hydroxylation is 2. The van der Waals surface area contributed by atoms with Gasteiger partial charge in [0.05, 0.1) is 12.3 Å². The number of benzene rings is 2. The first kappa shape index (κ1) is 26.1. The van der Waals surface area contributed by atoms with Gasteiger partial charge < -0.3 is 19.6 Å². The summed E-state index contributed by atoms with van der Waals surface area (Å²) in [5.41, 5.74) is 5.79. The summed E-state index contributed by atoms with van der Waals surface area (Å²) in [6.45, 7) is 0. The van der Waals surface area contributed by atoms with Crippen molar-refractivity contribution in [2.24, 2.45) is 0 Å². The Bertz CT molecular complexity index is 1280. The van der Waals surface area contributed by atoms with Gasteiger partial charge in [-0.1, -0.05) is 24.3 Å². The van der Waals surface area contributed by atoms with Crippen LogP contribution in [0.2, 0.25) is 0 Å². The van der Waals surface area contributed by atoms with Gasteiger partial charge in [-0.2, -0.15) is 9.13 Å². The number of nitrogens with zero attached hydrogens (tertiary/aromatic N) is 2. The Hall–Kier alpha value is -2.96. The maximum Gasteiger partial charge on any atom is 0.325 e. The molecular weight excluding hydrogens is 498 g/mol. The molecule has 4 N–H and O–H groups in total. The summed E-state index contributed by atoms with van der Waals surface area (Å²) in [5.74, 6) is 0. The highest BCUT2D eigenvalue weighted by Crippen LogP contribution is 2.35. The van der Waals surface area contributed by atoms with Crippen molar-refractivity contribution in [1.82, 2.24) is 0 Å². The summed E-state index contributed by atoms with van der Waals surface area (Å²) in [5, 5.41) is 0. The van der Waals surface area contributed by atoms with E-state index in [1.54, 1.807) is 0 Å². The Kier molecular flexibility index (Phi) is 7.96. The zero-order valence-electron chi connectivity index (χ0n) is 19.5. The van der Waals surface area contributed by atoms with Gasteiger partial charge in [0.15, 0.2) is 24.8 Å². The van der Waals surface area contributed by atoms with Crippen molar-refractivity contribution in [2.45, 2.75) is 12.8 Å². The Morgan fingerprint density at radius 1 is 0.500 bits per heavy atom. The zero-order valence-corrected chi connectivity index (χ0v) is 21.2. The summed E-state index contributed by atoms with van der Waals surface area (Å²) in [7, 11) is -7.99. The molecule has 0 atom stereocenters. The van der Waals surface area contributed by atoms with Crippen molar-refractivity contribution in [3.63, 3.8) is 0 Å². The van der Waals surface area contributed by atoms with Crippen LogP contribution in [0, 0.1) is 0 Å². The maximum absolute atomic E-state index is 11.1. The number of rotatable bonds is 9. The van der Waals surface area contributed by atoms with Crippen molar-refractivity contribution in [3.05, 3.63) is 109 Å². The van der Waals surface area contributed by atoms with Crippen LogP contribution in [-0.4, -0.2) is 31.9 Å². The van der Waals surface area contributed by atoms with Gasteiger partial charge in [0.1, 0.15) is 0 Å². The molecule has 0 radical (unpaired) electrons. The van der Waals surface area contributed by atoms with Crippen molar-refractivity contribution >= 4 is 15.2 Å². The Morgan fingerprint density at radius 2 is 0.806 bits per heavy atom. The molecule has 4 aromatic rings. The van der Waals surface area contributed by atoms with Crippen LogP contribution in [0.5, 0.6) is 0 Å². The van der Waals surface area contributed by atoms with E-state index in [0.717, 1.165) is 33.6 Å². The quantitative estimate of drug-likeness (QED) is 0.196. The molecule has 0 unspecified atom stereocenters. The molecule has 0 amide bonds. The average Bonchev–Trinajstić information content (AvgIpc) is 2.86. The highest BCUT2D eigenvalue weighted by molar-refractivity contribution is 7.52. The molecule has 0 saturated heterocycles. The molecule has 4 rings (SSSR count). The van der Waals surface area contributed by atoms with Crippen LogP contribution < -0.4 is 9.13 Å². The first-order valence-electron chi connectivity index (χ1n) is 11.4. The van der Waals surface area contributed by atoms with Crippen LogP contribution in [0.15, 0.2) is 97.6 Å². The fraction of sp³-hybridized carbons (Fsp3) is 0.154. The monoisotopic (exact) mass is 526 g/mol. The minimum absolute atomic E-state index is 0.157. The Labute approximate surface area is 209 Å². The zero-order chi connectivity index (χ0) is 25.8. The summed E-state index contributed by atoms with van der Waals surface area (Å²) >= 11 is 0. The van der Waals surface area contributed by atoms with Crippen LogP contribution in [0.4, 0.5) is 0 Å². The van der Waals surface area contributed by atoms with E-state index in [-0.39, 0.29) is 12.3 Å². The third-order valence-electron chi connectivity index (χ3n) is 5.84. The van der Waals surface area contributed by atoms with Gasteiger partial charge in [-0.05, 0) is 35.1 Å². The van der Waals surface area contributed by atoms with Gasteiger partial charge in [0.2, 0.25) is 11.4 Å². The van der Waals surface area contributed by atoms with Gasteiger partial charge in [0, 0.05) is 48.5 Å². The first-order chi connectivity index (χ1) is 17.1. The van der Waals surface area contributed by atoms with E-state index in [1.807, 2.05) is 107 Å². The third kappa shape index (κ3) is 7.52. The third-order valence-corrected chi connectivity index (χ3v) is 7.46. The Balaban J connectivity index is 1.40. The summed E-state index contributed by atoms with van der Waals surface area (Å²) in [6, 6.07) is 23.3. The average molecular weight is 526 g/mol. The molecule has 0 aliphatic rings. The van der Waals surface area contributed by atoms with E-state index in [4.69, 9.17) is 19.6 Å². The predicted molar refractivity (Wildman–Crippen MR) is 136 cm³/mol. The van der Waals surface area contributed by atoms with E-state index < -0.39 is 15.2 Å². The van der Waals surface area contributed by atoms with E-state index in [2.05, 4.69) is 0 Å². The van der Waals surface area contributed by atoms with Crippen molar-refractivity contribution in [2.75, 3.05) is 12.3 Å². The molecule has 0 aliphatic heterocycles. The number of hydrogen-bond donors (Lipinski definition) is 4. The van der Waals surface area contributed by atoms with E-state index in [1.165, 1.54) is 0 Å². The lowest BCUT2D eigenvalue weighted by Crippen LogP contribution is -2.29. The highest BCUT2D eigenvalue weighted by Gasteiger charge is 2.15. The molecule has 0 fully saturated rings. The number of aromatic nitrogens is 2. The predicted octanol–water partition coefficient (Wildman–Crippen LogP) is 3.35. The molecule has 2 aromatic heterocycles. The minimum atomic E-state index is -4.00. The van der Waals surface area contributed by atoms with Crippen LogP contribution in [-0.2, 0) is 22.0 Å². The van der Waals surface area contributed by atoms with Gasteiger partial charge in [-0.3, -0.25) is 9.13 Å². The van der Waals surface area contributed by atoms with Gasteiger partial charge in [-0.25, -0.2) is 0 Å². The second-order valence-electron chi connectivity index (χ2n) is 8.60. The molecular formula is C26H28N2O6P2+2. The summed E-state index contributed by atoms with van der Waals surface area (Å²) in [6.07, 6.45) is 8.24. The fourth-order valence-electron chi connectivity index (χ4n) is 3.80. The molecule has 0 aliphatic carbocycles. The van der Waals surface area contributed by atoms with Crippen molar-refractivity contribution < 1.29 is 37.8 Å². The lowest BCUT2D eigenvalue weighted by Gasteiger charge is -2.05. The largest absolute Gasteiger partial charge is 0.325 e. The fourth-order valence-corrected chi connectivity index (χ4v) is 4.90. The van der Waals surface area contributed by atoms with Gasteiger partial charge in [-0.15, -0.1) is 0 Å². The van der Waals surface area contributed by atoms with Crippen molar-refractivity contribution in [3.8, 4) is 22.5 Å². The molecule has 10 heteroatoms. The molecule has 2 heterocycles. The van der Waals surface area contributed by atoms with Crippen LogP contribution >= 0.6 is 15.2 Å². The van der Waals surface area contributed by atoms with E-state index >= 15 is 0 Å². The lowest BCUT2D eigenvalue weighted by atomic mass is 10.1. The molecule has 0 saturated carbocycles. The number of hydrogen-bond acceptors (Lipinski definition) is 2. The van der Waals surface area contributed by atoms with Crippen molar-refractivity contribution in [1.29, 1.82) is 0 Å². The SMILES string of the molecule is O=P(O)(O)CCc1ccc(-[n+]2ccc(-c3cc[n+](-c4ccc(CCP(=O)(O)O)cc4)cc3)cc2)cc1. The van der Waals surface area contributed by atoms with Gasteiger partial charge >= 0.3 is 15.2 Å². The molecule has 0 spiro atoms. The smallest absolute Gasteiger partial charge is 0.324 e. The first-order valence-corrected chi connectivity index (χ1v) is 15.0. The van der Waals surface area contributed by atoms with Crippen LogP contribution in [0.1, 0.15) is 11.1 Å². The van der Waals surface area contributed by atoms with Crippen LogP contribution in [0.3, 0.4) is 0 Å². The molecule has 0 bridgehead atoms. The second-order valence-corrected chi connectivity index (χ2v) is 12.2. The normalized spacial score (nSPS) is 12.0. The highest BCUT2D eigenvalue weighted by atomic mass is 31.2. The molecule has 36 heavy (non-hydrogen) atoms. The minimum Gasteiger partial charge on any atom is -0.324 e. The summed E-state index contributed by atoms with van der Waals surface area (Å²) in [4.78, 5) is 36.2. The van der Waals surface area contributed by atoms with Gasteiger partial charge in [0.25, 0.3) is 0 Å². The Morgan fingerprint density at radius 3 is 1.08 bits per heavy atom. The number of pyridine rings is 2. The van der Waals surface area contributed by atoms with E-state index in [9.17, 15) is 9.13 Å². The van der Waals surface area contributed by atoms with E-state index in [0.29, 0.717) is 12.8 Å². The second kappa shape index (κ2) is 11.0.